The summed E-state index contributed by atoms with van der Waals surface area (Å²) in [4.78, 5) is 30.3. The fraction of sp³-hybridized carbons (Fsp3) is 0.652. The fourth-order valence-corrected chi connectivity index (χ4v) is 5.46. The van der Waals surface area contributed by atoms with Crippen LogP contribution in [0.25, 0.3) is 10.9 Å². The minimum atomic E-state index is -0.619. The zero-order valence-corrected chi connectivity index (χ0v) is 20.2. The molecule has 0 aromatic carbocycles. The van der Waals surface area contributed by atoms with E-state index < -0.39 is 17.3 Å². The van der Waals surface area contributed by atoms with E-state index in [4.69, 9.17) is 27.2 Å². The maximum Gasteiger partial charge on any atom is 0.410 e. The van der Waals surface area contributed by atoms with Crippen molar-refractivity contribution >= 4 is 34.5 Å². The van der Waals surface area contributed by atoms with Gasteiger partial charge >= 0.3 is 6.09 Å². The van der Waals surface area contributed by atoms with Crippen LogP contribution >= 0.6 is 11.6 Å². The van der Waals surface area contributed by atoms with Crippen molar-refractivity contribution in [3.63, 3.8) is 0 Å². The number of likely N-dealkylation sites (tertiary alicyclic amines) is 1. The van der Waals surface area contributed by atoms with Gasteiger partial charge in [0.15, 0.2) is 11.0 Å². The molecule has 2 N–H and O–H groups in total. The van der Waals surface area contributed by atoms with Gasteiger partial charge in [-0.05, 0) is 44.9 Å². The second kappa shape index (κ2) is 7.29. The van der Waals surface area contributed by atoms with E-state index in [0.29, 0.717) is 36.1 Å². The second-order valence-corrected chi connectivity index (χ2v) is 11.2. The molecule has 1 saturated heterocycles. The van der Waals surface area contributed by atoms with Gasteiger partial charge in [0.05, 0.1) is 23.3 Å². The number of piperidine rings is 1. The summed E-state index contributed by atoms with van der Waals surface area (Å²) in [5, 5.41) is 5.33. The van der Waals surface area contributed by atoms with Crippen LogP contribution in [0.2, 0.25) is 5.15 Å². The van der Waals surface area contributed by atoms with Gasteiger partial charge in [-0.3, -0.25) is 9.48 Å². The molecule has 33 heavy (non-hydrogen) atoms. The van der Waals surface area contributed by atoms with Crippen LogP contribution in [-0.2, 0) is 9.53 Å². The number of carbonyl (C=O) groups excluding carboxylic acids is 2. The summed E-state index contributed by atoms with van der Waals surface area (Å²) in [7, 11) is 0. The summed E-state index contributed by atoms with van der Waals surface area (Å²) in [5.41, 5.74) is 6.73. The Balaban J connectivity index is 1.51. The predicted octanol–water partition coefficient (Wildman–Crippen LogP) is 3.97. The largest absolute Gasteiger partial charge is 0.444 e. The molecule has 4 unspecified atom stereocenters. The van der Waals surface area contributed by atoms with E-state index in [2.05, 4.69) is 4.98 Å². The third-order valence-corrected chi connectivity index (χ3v) is 7.20. The van der Waals surface area contributed by atoms with Crippen molar-refractivity contribution in [2.45, 2.75) is 64.5 Å². The van der Waals surface area contributed by atoms with Crippen LogP contribution in [0.1, 0.15) is 70.3 Å². The highest BCUT2D eigenvalue weighted by atomic mass is 35.5. The van der Waals surface area contributed by atoms with Crippen molar-refractivity contribution in [3.8, 4) is 0 Å². The first-order valence-corrected chi connectivity index (χ1v) is 11.8. The SMILES string of the molecule is CC(C)c1nc(Cl)c(F)c2c1c(C1C3CN(C(=O)OC(C)(C)C)CC31)nn2C1CC1C(N)=O. The first kappa shape index (κ1) is 22.4. The van der Waals surface area contributed by atoms with Crippen molar-refractivity contribution in [2.75, 3.05) is 13.1 Å². The molecular formula is C23H29ClFN5O3. The molecule has 0 bridgehead atoms. The molecule has 3 aliphatic rings. The topological polar surface area (TPSA) is 103 Å². The molecule has 178 valence electrons. The number of carbonyl (C=O) groups is 2. The van der Waals surface area contributed by atoms with Gasteiger partial charge in [-0.25, -0.2) is 14.2 Å². The number of ether oxygens (including phenoxy) is 1. The van der Waals surface area contributed by atoms with E-state index in [1.165, 1.54) is 0 Å². The van der Waals surface area contributed by atoms with Crippen LogP contribution < -0.4 is 5.73 Å². The Morgan fingerprint density at radius 1 is 1.24 bits per heavy atom. The number of pyridine rings is 1. The van der Waals surface area contributed by atoms with Crippen LogP contribution in [0.3, 0.4) is 0 Å². The normalized spacial score (nSPS) is 28.4. The molecule has 2 aromatic heterocycles. The van der Waals surface area contributed by atoms with Crippen molar-refractivity contribution in [2.24, 2.45) is 23.5 Å². The lowest BCUT2D eigenvalue weighted by Gasteiger charge is -2.25. The van der Waals surface area contributed by atoms with Gasteiger partial charge in [0, 0.05) is 24.4 Å². The van der Waals surface area contributed by atoms with E-state index in [9.17, 15) is 9.59 Å². The Hall–Kier alpha value is -2.42. The van der Waals surface area contributed by atoms with Crippen LogP contribution in [0, 0.1) is 23.6 Å². The number of primary amides is 1. The van der Waals surface area contributed by atoms with Gasteiger partial charge in [0.25, 0.3) is 0 Å². The Labute approximate surface area is 196 Å². The van der Waals surface area contributed by atoms with Gasteiger partial charge in [-0.1, -0.05) is 25.4 Å². The van der Waals surface area contributed by atoms with Crippen molar-refractivity contribution in [3.05, 3.63) is 22.4 Å². The highest BCUT2D eigenvalue weighted by Gasteiger charge is 2.60. The average molecular weight is 478 g/mol. The number of nitrogens with two attached hydrogens (primary N) is 1. The highest BCUT2D eigenvalue weighted by Crippen LogP contribution is 2.60. The fourth-order valence-electron chi connectivity index (χ4n) is 5.28. The van der Waals surface area contributed by atoms with E-state index in [1.54, 1.807) is 9.58 Å². The Bertz CT molecular complexity index is 1160. The van der Waals surface area contributed by atoms with E-state index in [-0.39, 0.29) is 46.9 Å². The zero-order chi connectivity index (χ0) is 24.0. The van der Waals surface area contributed by atoms with Gasteiger partial charge in [-0.2, -0.15) is 5.10 Å². The van der Waals surface area contributed by atoms with Crippen LogP contribution in [-0.4, -0.2) is 50.4 Å². The molecule has 2 saturated carbocycles. The van der Waals surface area contributed by atoms with Crippen LogP contribution in [0.15, 0.2) is 0 Å². The molecule has 8 nitrogen and oxygen atoms in total. The molecule has 1 aliphatic heterocycles. The Kier molecular flexibility index (Phi) is 4.94. The van der Waals surface area contributed by atoms with Gasteiger partial charge in [0.1, 0.15) is 11.1 Å². The molecule has 2 aromatic rings. The number of amides is 2. The molecule has 10 heteroatoms. The standard InChI is InChI=1S/C23H29ClFN5O3/c1-9(2)17-15-18(14-11-7-29(8-12(11)14)22(32)33-23(3,4)5)28-30(13-6-10(13)21(26)31)19(15)16(25)20(24)27-17/h9-14H,6-8H2,1-5H3,(H2,26,31). The third-order valence-electron chi connectivity index (χ3n) is 6.95. The summed E-state index contributed by atoms with van der Waals surface area (Å²) in [6.45, 7) is 10.7. The monoisotopic (exact) mass is 477 g/mol. The number of hydrogen-bond donors (Lipinski definition) is 1. The van der Waals surface area contributed by atoms with Gasteiger partial charge in [-0.15, -0.1) is 0 Å². The van der Waals surface area contributed by atoms with Crippen molar-refractivity contribution in [1.29, 1.82) is 0 Å². The summed E-state index contributed by atoms with van der Waals surface area (Å²) >= 11 is 6.16. The molecule has 3 fully saturated rings. The second-order valence-electron chi connectivity index (χ2n) is 10.9. The summed E-state index contributed by atoms with van der Waals surface area (Å²) in [6.07, 6.45) is 0.222. The molecule has 0 spiro atoms. The molecule has 2 aliphatic carbocycles. The van der Waals surface area contributed by atoms with Crippen molar-refractivity contribution in [1.82, 2.24) is 19.7 Å². The Morgan fingerprint density at radius 3 is 2.39 bits per heavy atom. The minimum absolute atomic E-state index is 0.00462. The third kappa shape index (κ3) is 3.64. The Morgan fingerprint density at radius 2 is 1.88 bits per heavy atom. The average Bonchev–Trinajstić information content (AvgIpc) is 3.54. The number of aromatic nitrogens is 3. The number of hydrogen-bond acceptors (Lipinski definition) is 5. The molecule has 5 rings (SSSR count). The quantitative estimate of drug-likeness (QED) is 0.671. The lowest BCUT2D eigenvalue weighted by molar-refractivity contribution is -0.119. The molecule has 0 radical (unpaired) electrons. The smallest absolute Gasteiger partial charge is 0.410 e. The summed E-state index contributed by atoms with van der Waals surface area (Å²) in [6, 6.07) is -0.274. The maximum atomic E-state index is 15.3. The predicted molar refractivity (Wildman–Crippen MR) is 120 cm³/mol. The van der Waals surface area contributed by atoms with Crippen LogP contribution in [0.4, 0.5) is 9.18 Å². The molecular weight excluding hydrogens is 449 g/mol. The van der Waals surface area contributed by atoms with E-state index >= 15 is 4.39 Å². The number of fused-ring (bicyclic) bond motifs is 2. The summed E-state index contributed by atoms with van der Waals surface area (Å²) < 4.78 is 22.4. The number of rotatable bonds is 4. The van der Waals surface area contributed by atoms with Crippen molar-refractivity contribution < 1.29 is 18.7 Å². The lowest BCUT2D eigenvalue weighted by Crippen LogP contribution is -2.36. The van der Waals surface area contributed by atoms with Gasteiger partial charge < -0.3 is 15.4 Å². The van der Waals surface area contributed by atoms with Gasteiger partial charge in [0.2, 0.25) is 5.91 Å². The van der Waals surface area contributed by atoms with E-state index in [0.717, 1.165) is 5.69 Å². The first-order valence-electron chi connectivity index (χ1n) is 11.4. The number of nitrogens with zero attached hydrogens (tertiary/aromatic N) is 4. The minimum Gasteiger partial charge on any atom is -0.444 e. The maximum absolute atomic E-state index is 15.3. The molecule has 4 atom stereocenters. The highest BCUT2D eigenvalue weighted by molar-refractivity contribution is 6.30. The molecule has 3 heterocycles. The lowest BCUT2D eigenvalue weighted by atomic mass is 10.0. The first-order chi connectivity index (χ1) is 15.4. The number of halogens is 2. The molecule has 2 amide bonds. The van der Waals surface area contributed by atoms with E-state index in [1.807, 2.05) is 34.6 Å². The summed E-state index contributed by atoms with van der Waals surface area (Å²) in [5.74, 6) is -0.834. The van der Waals surface area contributed by atoms with Crippen LogP contribution in [0.5, 0.6) is 0 Å². The zero-order valence-electron chi connectivity index (χ0n) is 19.4.